The normalized spacial score (nSPS) is 20.4. The summed E-state index contributed by atoms with van der Waals surface area (Å²) in [5, 5.41) is 0. The zero-order chi connectivity index (χ0) is 32.5. The summed E-state index contributed by atoms with van der Waals surface area (Å²) in [5.74, 6) is -4.35. The molecular formula is C29H34F5N3O5S2. The minimum atomic E-state index is -4.54. The highest BCUT2D eigenvalue weighted by Crippen LogP contribution is 2.34. The van der Waals surface area contributed by atoms with Crippen LogP contribution in [0.3, 0.4) is 0 Å². The number of alkyl halides is 5. The third-order valence-corrected chi connectivity index (χ3v) is 11.4. The Kier molecular flexibility index (Phi) is 9.93. The van der Waals surface area contributed by atoms with Crippen LogP contribution >= 0.6 is 0 Å². The molecule has 44 heavy (non-hydrogen) atoms. The highest BCUT2D eigenvalue weighted by Gasteiger charge is 2.39. The van der Waals surface area contributed by atoms with Gasteiger partial charge in [-0.05, 0) is 61.6 Å². The van der Waals surface area contributed by atoms with E-state index in [-0.39, 0.29) is 42.4 Å². The highest BCUT2D eigenvalue weighted by molar-refractivity contribution is 7.93. The molecule has 2 aliphatic heterocycles. The number of sulfonamides is 2. The number of rotatable bonds is 10. The SMILES string of the molecule is C=C(C)S(=O)(=O)NCC1CCCN1S(=O)(=O)c1ccc(C(Cc2ccc(C(F)(F)F)cc2)C(=O)N2CCC(F)(F)CC2)cc1. The van der Waals surface area contributed by atoms with Gasteiger partial charge in [-0.2, -0.15) is 17.5 Å². The topological polar surface area (TPSA) is 104 Å². The van der Waals surface area contributed by atoms with Crippen LogP contribution < -0.4 is 4.72 Å². The van der Waals surface area contributed by atoms with Crippen molar-refractivity contribution >= 4 is 26.0 Å². The predicted molar refractivity (Wildman–Crippen MR) is 154 cm³/mol. The van der Waals surface area contributed by atoms with E-state index < -0.39 is 68.4 Å². The first-order valence-electron chi connectivity index (χ1n) is 14.0. The summed E-state index contributed by atoms with van der Waals surface area (Å²) in [6.07, 6.45) is -4.64. The number of amides is 1. The van der Waals surface area contributed by atoms with Crippen molar-refractivity contribution in [3.63, 3.8) is 0 Å². The number of likely N-dealkylation sites (tertiary alicyclic amines) is 1. The maximum atomic E-state index is 13.8. The lowest BCUT2D eigenvalue weighted by atomic mass is 9.89. The molecule has 2 unspecified atom stereocenters. The fourth-order valence-corrected chi connectivity index (χ4v) is 7.71. The van der Waals surface area contributed by atoms with Crippen LogP contribution in [0.15, 0.2) is 64.9 Å². The molecule has 0 bridgehead atoms. The van der Waals surface area contributed by atoms with Gasteiger partial charge in [-0.1, -0.05) is 30.8 Å². The van der Waals surface area contributed by atoms with Crippen LogP contribution in [0, 0.1) is 0 Å². The average molecular weight is 664 g/mol. The minimum Gasteiger partial charge on any atom is -0.342 e. The summed E-state index contributed by atoms with van der Waals surface area (Å²) in [4.78, 5) is 14.7. The van der Waals surface area contributed by atoms with E-state index in [4.69, 9.17) is 0 Å². The molecule has 1 N–H and O–H groups in total. The average Bonchev–Trinajstić information content (AvgIpc) is 3.44. The van der Waals surface area contributed by atoms with E-state index in [0.29, 0.717) is 24.0 Å². The van der Waals surface area contributed by atoms with Gasteiger partial charge in [-0.3, -0.25) is 4.79 Å². The van der Waals surface area contributed by atoms with Gasteiger partial charge in [0.05, 0.1) is 16.4 Å². The second kappa shape index (κ2) is 12.9. The predicted octanol–water partition coefficient (Wildman–Crippen LogP) is 4.90. The Morgan fingerprint density at radius 2 is 1.59 bits per heavy atom. The molecule has 8 nitrogen and oxygen atoms in total. The van der Waals surface area contributed by atoms with E-state index in [1.807, 2.05) is 0 Å². The van der Waals surface area contributed by atoms with Gasteiger partial charge in [0.25, 0.3) is 5.92 Å². The standard InChI is InChI=1S/C29H34F5N3O5S2/c1-20(2)43(39,40)35-19-24-4-3-15-37(24)44(41,42)25-11-7-22(8-12-25)26(27(38)36-16-13-28(30,31)14-17-36)18-21-5-9-23(10-6-21)29(32,33)34/h5-12,24,26,35H,1,3-4,13-19H2,2H3. The first-order valence-corrected chi connectivity index (χ1v) is 16.9. The van der Waals surface area contributed by atoms with Crippen LogP contribution in [0.25, 0.3) is 0 Å². The molecule has 2 saturated heterocycles. The number of hydrogen-bond acceptors (Lipinski definition) is 5. The number of benzene rings is 2. The number of carbonyl (C=O) groups is 1. The lowest BCUT2D eigenvalue weighted by molar-refractivity contribution is -0.139. The Balaban J connectivity index is 1.58. The summed E-state index contributed by atoms with van der Waals surface area (Å²) in [7, 11) is -7.85. The van der Waals surface area contributed by atoms with E-state index >= 15 is 0 Å². The molecule has 0 aromatic heterocycles. The van der Waals surface area contributed by atoms with Crippen molar-refractivity contribution in [2.75, 3.05) is 26.2 Å². The molecule has 15 heteroatoms. The number of piperidine rings is 1. The molecular weight excluding hydrogens is 629 g/mol. The van der Waals surface area contributed by atoms with Crippen molar-refractivity contribution in [2.24, 2.45) is 0 Å². The van der Waals surface area contributed by atoms with E-state index in [2.05, 4.69) is 11.3 Å². The summed E-state index contributed by atoms with van der Waals surface area (Å²) in [6, 6.07) is 9.18. The molecule has 0 spiro atoms. The zero-order valence-electron chi connectivity index (χ0n) is 24.0. The number of halogens is 5. The van der Waals surface area contributed by atoms with E-state index in [0.717, 1.165) is 12.1 Å². The minimum absolute atomic E-state index is 0.0347. The third kappa shape index (κ3) is 7.85. The van der Waals surface area contributed by atoms with E-state index in [9.17, 15) is 43.6 Å². The monoisotopic (exact) mass is 663 g/mol. The molecule has 4 rings (SSSR count). The van der Waals surface area contributed by atoms with Gasteiger partial charge in [-0.25, -0.2) is 30.3 Å². The second-order valence-electron chi connectivity index (χ2n) is 11.2. The fraction of sp³-hybridized carbons (Fsp3) is 0.483. The van der Waals surface area contributed by atoms with Gasteiger partial charge in [-0.15, -0.1) is 0 Å². The molecule has 0 radical (unpaired) electrons. The third-order valence-electron chi connectivity index (χ3n) is 8.01. The molecule has 2 heterocycles. The first kappa shape index (κ1) is 34.0. The lowest BCUT2D eigenvalue weighted by Gasteiger charge is -2.34. The maximum absolute atomic E-state index is 13.8. The molecule has 1 amide bonds. The molecule has 242 valence electrons. The molecule has 2 aromatic rings. The fourth-order valence-electron chi connectivity index (χ4n) is 5.35. The molecule has 2 aromatic carbocycles. The Morgan fingerprint density at radius 1 is 1.00 bits per heavy atom. The maximum Gasteiger partial charge on any atom is 0.416 e. The van der Waals surface area contributed by atoms with E-state index in [1.54, 1.807) is 0 Å². The van der Waals surface area contributed by atoms with Crippen molar-refractivity contribution < 1.29 is 43.6 Å². The Bertz CT molecular complexity index is 1570. The van der Waals surface area contributed by atoms with Crippen LogP contribution in [-0.4, -0.2) is 70.1 Å². The quantitative estimate of drug-likeness (QED) is 0.365. The zero-order valence-corrected chi connectivity index (χ0v) is 25.6. The van der Waals surface area contributed by atoms with Crippen molar-refractivity contribution in [1.82, 2.24) is 13.9 Å². The highest BCUT2D eigenvalue weighted by atomic mass is 32.2. The Hall–Kier alpha value is -2.88. The van der Waals surface area contributed by atoms with Crippen molar-refractivity contribution in [2.45, 2.75) is 68.0 Å². The molecule has 0 aliphatic carbocycles. The summed E-state index contributed by atoms with van der Waals surface area (Å²) in [6.45, 7) is 4.40. The van der Waals surface area contributed by atoms with Crippen molar-refractivity contribution in [1.29, 1.82) is 0 Å². The van der Waals surface area contributed by atoms with Crippen LogP contribution in [0.4, 0.5) is 22.0 Å². The van der Waals surface area contributed by atoms with Crippen LogP contribution in [0.2, 0.25) is 0 Å². The van der Waals surface area contributed by atoms with Gasteiger partial charge in [0.15, 0.2) is 0 Å². The Labute approximate surface area is 254 Å². The van der Waals surface area contributed by atoms with Crippen LogP contribution in [0.1, 0.15) is 55.2 Å². The van der Waals surface area contributed by atoms with Gasteiger partial charge in [0.1, 0.15) is 0 Å². The van der Waals surface area contributed by atoms with Gasteiger partial charge in [0, 0.05) is 50.0 Å². The van der Waals surface area contributed by atoms with Gasteiger partial charge >= 0.3 is 6.18 Å². The Morgan fingerprint density at radius 3 is 2.14 bits per heavy atom. The van der Waals surface area contributed by atoms with Gasteiger partial charge < -0.3 is 4.90 Å². The smallest absolute Gasteiger partial charge is 0.342 e. The molecule has 2 aliphatic rings. The van der Waals surface area contributed by atoms with E-state index in [1.165, 1.54) is 52.5 Å². The number of nitrogens with zero attached hydrogens (tertiary/aromatic N) is 2. The molecule has 0 saturated carbocycles. The summed E-state index contributed by atoms with van der Waals surface area (Å²) >= 11 is 0. The second-order valence-corrected chi connectivity index (χ2v) is 15.1. The van der Waals surface area contributed by atoms with Crippen LogP contribution in [-0.2, 0) is 37.4 Å². The molecule has 2 atom stereocenters. The molecule has 2 fully saturated rings. The number of carbonyl (C=O) groups excluding carboxylic acids is 1. The summed E-state index contributed by atoms with van der Waals surface area (Å²) in [5.41, 5.74) is -0.0736. The largest absolute Gasteiger partial charge is 0.416 e. The first-order chi connectivity index (χ1) is 20.4. The van der Waals surface area contributed by atoms with Crippen molar-refractivity contribution in [3.05, 3.63) is 76.7 Å². The number of hydrogen-bond donors (Lipinski definition) is 1. The summed E-state index contributed by atoms with van der Waals surface area (Å²) < 4.78 is 122. The van der Waals surface area contributed by atoms with Crippen molar-refractivity contribution in [3.8, 4) is 0 Å². The van der Waals surface area contributed by atoms with Gasteiger partial charge in [0.2, 0.25) is 26.0 Å². The number of allylic oxidation sites excluding steroid dienone is 1. The number of nitrogens with one attached hydrogen (secondary N) is 1. The van der Waals surface area contributed by atoms with Crippen LogP contribution in [0.5, 0.6) is 0 Å². The lowest BCUT2D eigenvalue weighted by Crippen LogP contribution is -2.45.